The third-order valence-corrected chi connectivity index (χ3v) is 4.74. The van der Waals surface area contributed by atoms with Crippen molar-refractivity contribution in [1.29, 1.82) is 0 Å². The fourth-order valence-electron chi connectivity index (χ4n) is 3.39. The lowest BCUT2D eigenvalue weighted by molar-refractivity contribution is 0.00735. The number of carbonyl (C=O) groups is 2. The van der Waals surface area contributed by atoms with Crippen LogP contribution in [0, 0.1) is 0 Å². The van der Waals surface area contributed by atoms with Crippen molar-refractivity contribution in [3.63, 3.8) is 0 Å². The Morgan fingerprint density at radius 2 is 1.79 bits per heavy atom. The molecule has 0 aromatic heterocycles. The molecule has 2 amide bonds. The number of likely N-dealkylation sites (tertiary alicyclic amines) is 1. The molecule has 7 nitrogen and oxygen atoms in total. The Balaban J connectivity index is 1.66. The van der Waals surface area contributed by atoms with Crippen LogP contribution in [0.2, 0.25) is 0 Å². The third kappa shape index (κ3) is 5.38. The molecule has 0 spiro atoms. The molecule has 0 unspecified atom stereocenters. The van der Waals surface area contributed by atoms with Crippen LogP contribution in [0.1, 0.15) is 44.0 Å². The van der Waals surface area contributed by atoms with E-state index in [2.05, 4.69) is 0 Å². The molecule has 0 radical (unpaired) electrons. The van der Waals surface area contributed by atoms with E-state index >= 15 is 0 Å². The van der Waals surface area contributed by atoms with Gasteiger partial charge in [0.25, 0.3) is 5.91 Å². The SMILES string of the molecule is CC(C)(C)OC(=O)N1CCC[C@@H](Oc2ccccc2C(=O)N2CCOCC2)C1. The molecule has 1 aromatic carbocycles. The summed E-state index contributed by atoms with van der Waals surface area (Å²) < 4.78 is 17.0. The molecule has 1 aromatic rings. The normalized spacial score (nSPS) is 20.6. The predicted octanol–water partition coefficient (Wildman–Crippen LogP) is 2.94. The van der Waals surface area contributed by atoms with Crippen LogP contribution in [-0.2, 0) is 9.47 Å². The molecule has 2 heterocycles. The highest BCUT2D eigenvalue weighted by Crippen LogP contribution is 2.25. The summed E-state index contributed by atoms with van der Waals surface area (Å²) >= 11 is 0. The van der Waals surface area contributed by atoms with Gasteiger partial charge < -0.3 is 24.0 Å². The molecule has 0 bridgehead atoms. The molecule has 0 N–H and O–H groups in total. The fourth-order valence-corrected chi connectivity index (χ4v) is 3.39. The monoisotopic (exact) mass is 390 g/mol. The summed E-state index contributed by atoms with van der Waals surface area (Å²) in [6, 6.07) is 7.32. The number of piperidine rings is 1. The number of morpholine rings is 1. The van der Waals surface area contributed by atoms with Gasteiger partial charge in [0.1, 0.15) is 17.5 Å². The van der Waals surface area contributed by atoms with Crippen molar-refractivity contribution in [3.8, 4) is 5.75 Å². The van der Waals surface area contributed by atoms with E-state index in [0.29, 0.717) is 50.7 Å². The molecule has 2 fully saturated rings. The van der Waals surface area contributed by atoms with Crippen LogP contribution in [0.15, 0.2) is 24.3 Å². The van der Waals surface area contributed by atoms with Gasteiger partial charge >= 0.3 is 6.09 Å². The molecule has 1 atom stereocenters. The molecule has 154 valence electrons. The number of amides is 2. The number of rotatable bonds is 3. The van der Waals surface area contributed by atoms with Gasteiger partial charge in [0, 0.05) is 19.6 Å². The topological polar surface area (TPSA) is 68.3 Å². The standard InChI is InChI=1S/C21H30N2O5/c1-21(2,3)28-20(25)23-10-6-7-16(15-23)27-18-9-5-4-8-17(18)19(24)22-11-13-26-14-12-22/h4-5,8-9,16H,6-7,10-15H2,1-3H3/t16-/m1/s1. The summed E-state index contributed by atoms with van der Waals surface area (Å²) in [6.45, 7) is 8.97. The zero-order valence-electron chi connectivity index (χ0n) is 17.0. The number of benzene rings is 1. The first kappa shape index (κ1) is 20.5. The second-order valence-corrected chi connectivity index (χ2v) is 8.21. The van der Waals surface area contributed by atoms with Crippen molar-refractivity contribution < 1.29 is 23.8 Å². The van der Waals surface area contributed by atoms with Gasteiger partial charge in [-0.3, -0.25) is 4.79 Å². The van der Waals surface area contributed by atoms with Gasteiger partial charge in [-0.15, -0.1) is 0 Å². The summed E-state index contributed by atoms with van der Waals surface area (Å²) in [4.78, 5) is 28.7. The summed E-state index contributed by atoms with van der Waals surface area (Å²) in [5, 5.41) is 0. The van der Waals surface area contributed by atoms with Crippen LogP contribution in [-0.4, -0.2) is 72.9 Å². The van der Waals surface area contributed by atoms with Crippen molar-refractivity contribution in [3.05, 3.63) is 29.8 Å². The maximum absolute atomic E-state index is 12.9. The molecule has 3 rings (SSSR count). The van der Waals surface area contributed by atoms with Crippen molar-refractivity contribution in [1.82, 2.24) is 9.80 Å². The van der Waals surface area contributed by atoms with Gasteiger partial charge in [-0.05, 0) is 45.7 Å². The molecule has 2 aliphatic rings. The van der Waals surface area contributed by atoms with E-state index in [-0.39, 0.29) is 18.1 Å². The number of carbonyl (C=O) groups excluding carboxylic acids is 2. The smallest absolute Gasteiger partial charge is 0.410 e. The van der Waals surface area contributed by atoms with E-state index in [1.165, 1.54) is 0 Å². The average molecular weight is 390 g/mol. The van der Waals surface area contributed by atoms with Gasteiger partial charge in [-0.25, -0.2) is 4.79 Å². The van der Waals surface area contributed by atoms with Crippen molar-refractivity contribution >= 4 is 12.0 Å². The lowest BCUT2D eigenvalue weighted by Gasteiger charge is -2.34. The fraction of sp³-hybridized carbons (Fsp3) is 0.619. The number of para-hydroxylation sites is 1. The Labute approximate surface area is 166 Å². The number of ether oxygens (including phenoxy) is 3. The Morgan fingerprint density at radius 1 is 1.07 bits per heavy atom. The summed E-state index contributed by atoms with van der Waals surface area (Å²) in [7, 11) is 0. The number of hydrogen-bond donors (Lipinski definition) is 0. The largest absolute Gasteiger partial charge is 0.488 e. The van der Waals surface area contributed by atoms with E-state index in [0.717, 1.165) is 12.8 Å². The van der Waals surface area contributed by atoms with Crippen LogP contribution < -0.4 is 4.74 Å². The molecular formula is C21H30N2O5. The second kappa shape index (κ2) is 8.82. The first-order chi connectivity index (χ1) is 13.3. The van der Waals surface area contributed by atoms with Gasteiger partial charge in [0.2, 0.25) is 0 Å². The average Bonchev–Trinajstić information content (AvgIpc) is 2.67. The minimum Gasteiger partial charge on any atom is -0.488 e. The second-order valence-electron chi connectivity index (χ2n) is 8.21. The van der Waals surface area contributed by atoms with E-state index in [1.807, 2.05) is 39.0 Å². The maximum atomic E-state index is 12.9. The Kier molecular flexibility index (Phi) is 6.44. The minimum atomic E-state index is -0.526. The summed E-state index contributed by atoms with van der Waals surface area (Å²) in [5.74, 6) is 0.522. The molecule has 28 heavy (non-hydrogen) atoms. The van der Waals surface area contributed by atoms with Gasteiger partial charge in [0.15, 0.2) is 0 Å². The van der Waals surface area contributed by atoms with Crippen LogP contribution in [0.3, 0.4) is 0 Å². The van der Waals surface area contributed by atoms with Crippen molar-refractivity contribution in [2.45, 2.75) is 45.3 Å². The Morgan fingerprint density at radius 3 is 2.50 bits per heavy atom. The third-order valence-electron chi connectivity index (χ3n) is 4.74. The zero-order valence-corrected chi connectivity index (χ0v) is 17.0. The zero-order chi connectivity index (χ0) is 20.1. The van der Waals surface area contributed by atoms with Gasteiger partial charge in [0.05, 0.1) is 25.3 Å². The first-order valence-electron chi connectivity index (χ1n) is 9.94. The Hall–Kier alpha value is -2.28. The van der Waals surface area contributed by atoms with Crippen LogP contribution >= 0.6 is 0 Å². The predicted molar refractivity (Wildman–Crippen MR) is 105 cm³/mol. The number of nitrogens with zero attached hydrogens (tertiary/aromatic N) is 2. The Bertz CT molecular complexity index is 694. The molecule has 0 saturated carbocycles. The quantitative estimate of drug-likeness (QED) is 0.794. The molecule has 2 saturated heterocycles. The van der Waals surface area contributed by atoms with E-state index in [4.69, 9.17) is 14.2 Å². The first-order valence-corrected chi connectivity index (χ1v) is 9.94. The van der Waals surface area contributed by atoms with Crippen LogP contribution in [0.4, 0.5) is 4.79 Å². The van der Waals surface area contributed by atoms with E-state index < -0.39 is 5.60 Å². The number of hydrogen-bond acceptors (Lipinski definition) is 5. The highest BCUT2D eigenvalue weighted by atomic mass is 16.6. The highest BCUT2D eigenvalue weighted by molar-refractivity contribution is 5.97. The summed E-state index contributed by atoms with van der Waals surface area (Å²) in [5.41, 5.74) is 0.0287. The van der Waals surface area contributed by atoms with Crippen LogP contribution in [0.25, 0.3) is 0 Å². The van der Waals surface area contributed by atoms with E-state index in [1.54, 1.807) is 15.9 Å². The van der Waals surface area contributed by atoms with Crippen LogP contribution in [0.5, 0.6) is 5.75 Å². The molecule has 7 heteroatoms. The molecular weight excluding hydrogens is 360 g/mol. The van der Waals surface area contributed by atoms with Crippen molar-refractivity contribution in [2.75, 3.05) is 39.4 Å². The van der Waals surface area contributed by atoms with Crippen molar-refractivity contribution in [2.24, 2.45) is 0 Å². The van der Waals surface area contributed by atoms with Gasteiger partial charge in [-0.2, -0.15) is 0 Å². The minimum absolute atomic E-state index is 0.0429. The highest BCUT2D eigenvalue weighted by Gasteiger charge is 2.30. The lowest BCUT2D eigenvalue weighted by Crippen LogP contribution is -2.46. The van der Waals surface area contributed by atoms with Gasteiger partial charge in [-0.1, -0.05) is 12.1 Å². The maximum Gasteiger partial charge on any atom is 0.410 e. The summed E-state index contributed by atoms with van der Waals surface area (Å²) in [6.07, 6.45) is 1.18. The molecule has 2 aliphatic heterocycles. The lowest BCUT2D eigenvalue weighted by atomic mass is 10.1. The van der Waals surface area contributed by atoms with E-state index in [9.17, 15) is 9.59 Å². The molecule has 0 aliphatic carbocycles.